The van der Waals surface area contributed by atoms with Crippen LogP contribution in [-0.4, -0.2) is 39.8 Å². The van der Waals surface area contributed by atoms with E-state index < -0.39 is 11.5 Å². The van der Waals surface area contributed by atoms with Crippen LogP contribution in [0.3, 0.4) is 0 Å². The fourth-order valence-electron chi connectivity index (χ4n) is 3.50. The molecule has 0 atom stereocenters. The molecule has 12 heteroatoms. The molecule has 0 radical (unpaired) electrons. The fourth-order valence-corrected chi connectivity index (χ4v) is 3.50. The third-order valence-electron chi connectivity index (χ3n) is 5.23. The fraction of sp³-hybridized carbons (Fsp3) is 0.130. The van der Waals surface area contributed by atoms with Gasteiger partial charge in [-0.25, -0.2) is 14.2 Å². The molecule has 0 saturated carbocycles. The predicted molar refractivity (Wildman–Crippen MR) is 130 cm³/mol. The van der Waals surface area contributed by atoms with Crippen molar-refractivity contribution in [3.05, 3.63) is 76.1 Å². The number of rotatable bonds is 8. The second kappa shape index (κ2) is 9.55. The van der Waals surface area contributed by atoms with Gasteiger partial charge < -0.3 is 26.3 Å². The van der Waals surface area contributed by atoms with Gasteiger partial charge in [-0.05, 0) is 42.5 Å². The first-order valence-corrected chi connectivity index (χ1v) is 10.4. The zero-order chi connectivity index (χ0) is 25.1. The largest absolute Gasteiger partial charge is 0.496 e. The zero-order valence-electron chi connectivity index (χ0n) is 18.9. The van der Waals surface area contributed by atoms with Crippen molar-refractivity contribution in [1.29, 1.82) is 5.41 Å². The highest BCUT2D eigenvalue weighted by molar-refractivity contribution is 5.95. The maximum Gasteiger partial charge on any atom is 0.349 e. The molecule has 0 unspecified atom stereocenters. The molecule has 0 spiro atoms. The van der Waals surface area contributed by atoms with Crippen molar-refractivity contribution in [3.8, 4) is 28.7 Å². The molecule has 0 fully saturated rings. The van der Waals surface area contributed by atoms with Crippen LogP contribution in [0.2, 0.25) is 0 Å². The first-order valence-electron chi connectivity index (χ1n) is 10.4. The number of nitrogens with one attached hydrogen (secondary N) is 3. The van der Waals surface area contributed by atoms with Crippen LogP contribution in [-0.2, 0) is 6.54 Å². The van der Waals surface area contributed by atoms with Crippen LogP contribution < -0.4 is 31.9 Å². The SMILES string of the molecule is COc1cc(CNc2ccc(C(=N)N)cc2)c(F)c(OC)c1-c1nn(-c2ncccc2N)c(=O)[nH]1. The van der Waals surface area contributed by atoms with Gasteiger partial charge in [0.1, 0.15) is 17.1 Å². The second-order valence-electron chi connectivity index (χ2n) is 7.41. The van der Waals surface area contributed by atoms with Gasteiger partial charge in [0.05, 0.1) is 19.9 Å². The van der Waals surface area contributed by atoms with E-state index in [-0.39, 0.29) is 52.3 Å². The first-order chi connectivity index (χ1) is 16.8. The molecular formula is C23H23FN8O3. The molecule has 7 N–H and O–H groups in total. The Morgan fingerprint density at radius 3 is 2.60 bits per heavy atom. The molecule has 2 aromatic heterocycles. The number of aromatic amines is 1. The molecule has 4 rings (SSSR count). The molecule has 0 saturated heterocycles. The minimum atomic E-state index is -0.649. The monoisotopic (exact) mass is 478 g/mol. The predicted octanol–water partition coefficient (Wildman–Crippen LogP) is 2.26. The van der Waals surface area contributed by atoms with Crippen LogP contribution >= 0.6 is 0 Å². The summed E-state index contributed by atoms with van der Waals surface area (Å²) in [4.78, 5) is 19.3. The van der Waals surface area contributed by atoms with E-state index in [1.54, 1.807) is 36.4 Å². The van der Waals surface area contributed by atoms with E-state index >= 15 is 4.39 Å². The molecule has 180 valence electrons. The minimum Gasteiger partial charge on any atom is -0.496 e. The van der Waals surface area contributed by atoms with Crippen molar-refractivity contribution in [2.24, 2.45) is 5.73 Å². The summed E-state index contributed by atoms with van der Waals surface area (Å²) in [5.74, 6) is -0.449. The Morgan fingerprint density at radius 1 is 1.23 bits per heavy atom. The highest BCUT2D eigenvalue weighted by atomic mass is 19.1. The maximum absolute atomic E-state index is 15.5. The van der Waals surface area contributed by atoms with Gasteiger partial charge in [-0.1, -0.05) is 0 Å². The van der Waals surface area contributed by atoms with Gasteiger partial charge in [-0.3, -0.25) is 10.4 Å². The van der Waals surface area contributed by atoms with Crippen LogP contribution in [0.1, 0.15) is 11.1 Å². The van der Waals surface area contributed by atoms with Crippen LogP contribution in [0.5, 0.6) is 11.5 Å². The standard InChI is InChI=1S/C23H23FN8O3/c1-34-16-10-13(11-29-14-7-5-12(6-8-14)20(26)27)18(24)19(35-2)17(16)21-30-23(33)32(31-21)22-15(25)4-3-9-28-22/h3-10,29H,11,25H2,1-2H3,(H3,26,27)(H,30,31,33). The van der Waals surface area contributed by atoms with E-state index in [1.807, 2.05) is 0 Å². The van der Waals surface area contributed by atoms with Gasteiger partial charge in [0.2, 0.25) is 0 Å². The Balaban J connectivity index is 1.71. The van der Waals surface area contributed by atoms with E-state index in [4.69, 9.17) is 26.4 Å². The summed E-state index contributed by atoms with van der Waals surface area (Å²) in [6, 6.07) is 11.5. The van der Waals surface area contributed by atoms with Gasteiger partial charge in [0.25, 0.3) is 0 Å². The summed E-state index contributed by atoms with van der Waals surface area (Å²) >= 11 is 0. The number of halogens is 1. The van der Waals surface area contributed by atoms with Gasteiger partial charge in [-0.2, -0.15) is 4.68 Å². The highest BCUT2D eigenvalue weighted by Gasteiger charge is 2.25. The number of nitrogen functional groups attached to an aromatic ring is 2. The number of pyridine rings is 1. The van der Waals surface area contributed by atoms with Crippen LogP contribution in [0.15, 0.2) is 53.5 Å². The summed E-state index contributed by atoms with van der Waals surface area (Å²) in [5.41, 5.74) is 12.7. The number of aromatic nitrogens is 4. The van der Waals surface area contributed by atoms with Crippen molar-refractivity contribution in [2.45, 2.75) is 6.54 Å². The van der Waals surface area contributed by atoms with Gasteiger partial charge in [0, 0.05) is 29.6 Å². The third kappa shape index (κ3) is 4.49. The average molecular weight is 478 g/mol. The van der Waals surface area contributed by atoms with E-state index in [0.717, 1.165) is 4.68 Å². The van der Waals surface area contributed by atoms with Crippen molar-refractivity contribution in [3.63, 3.8) is 0 Å². The third-order valence-corrected chi connectivity index (χ3v) is 5.23. The topological polar surface area (TPSA) is 170 Å². The molecule has 0 aliphatic heterocycles. The minimum absolute atomic E-state index is 0.0204. The van der Waals surface area contributed by atoms with E-state index in [2.05, 4.69) is 20.4 Å². The lowest BCUT2D eigenvalue weighted by Crippen LogP contribution is -2.18. The number of H-pyrrole nitrogens is 1. The Labute approximate surface area is 199 Å². The molecule has 2 aromatic carbocycles. The van der Waals surface area contributed by atoms with Crippen LogP contribution in [0.25, 0.3) is 17.2 Å². The molecule has 2 heterocycles. The normalized spacial score (nSPS) is 10.7. The number of amidine groups is 1. The molecule has 4 aromatic rings. The lowest BCUT2D eigenvalue weighted by Gasteiger charge is -2.16. The smallest absolute Gasteiger partial charge is 0.349 e. The van der Waals surface area contributed by atoms with Crippen molar-refractivity contribution in [2.75, 3.05) is 25.3 Å². The van der Waals surface area contributed by atoms with Crippen molar-refractivity contribution in [1.82, 2.24) is 19.7 Å². The van der Waals surface area contributed by atoms with E-state index in [1.165, 1.54) is 26.5 Å². The Hall–Kier alpha value is -4.87. The van der Waals surface area contributed by atoms with Crippen LogP contribution in [0, 0.1) is 11.2 Å². The number of nitrogens with zero attached hydrogens (tertiary/aromatic N) is 3. The summed E-state index contributed by atoms with van der Waals surface area (Å²) in [6.45, 7) is 0.105. The average Bonchev–Trinajstić information content (AvgIpc) is 3.24. The molecular weight excluding hydrogens is 455 g/mol. The van der Waals surface area contributed by atoms with E-state index in [0.29, 0.717) is 11.3 Å². The van der Waals surface area contributed by atoms with Crippen molar-refractivity contribution >= 4 is 17.2 Å². The van der Waals surface area contributed by atoms with E-state index in [9.17, 15) is 4.79 Å². The number of anilines is 2. The lowest BCUT2D eigenvalue weighted by molar-refractivity contribution is 0.374. The summed E-state index contributed by atoms with van der Waals surface area (Å²) < 4.78 is 27.3. The summed E-state index contributed by atoms with van der Waals surface area (Å²) in [5, 5.41) is 14.8. The van der Waals surface area contributed by atoms with Gasteiger partial charge in [0.15, 0.2) is 23.2 Å². The zero-order valence-corrected chi connectivity index (χ0v) is 18.9. The number of benzene rings is 2. The van der Waals surface area contributed by atoms with Gasteiger partial charge in [-0.15, -0.1) is 5.10 Å². The Bertz CT molecular complexity index is 1450. The number of nitrogens with two attached hydrogens (primary N) is 2. The molecule has 35 heavy (non-hydrogen) atoms. The number of ether oxygens (including phenoxy) is 2. The molecule has 0 aliphatic carbocycles. The molecule has 0 aliphatic rings. The summed E-state index contributed by atoms with van der Waals surface area (Å²) in [6.07, 6.45) is 1.47. The lowest BCUT2D eigenvalue weighted by atomic mass is 10.1. The van der Waals surface area contributed by atoms with Crippen LogP contribution in [0.4, 0.5) is 15.8 Å². The number of hydrogen-bond donors (Lipinski definition) is 5. The number of hydrogen-bond acceptors (Lipinski definition) is 8. The molecule has 0 bridgehead atoms. The Morgan fingerprint density at radius 2 is 1.97 bits per heavy atom. The second-order valence-corrected chi connectivity index (χ2v) is 7.41. The van der Waals surface area contributed by atoms with Crippen molar-refractivity contribution < 1.29 is 13.9 Å². The maximum atomic E-state index is 15.5. The van der Waals surface area contributed by atoms with Gasteiger partial charge >= 0.3 is 5.69 Å². The Kier molecular flexibility index (Phi) is 6.36. The quantitative estimate of drug-likeness (QED) is 0.190. The summed E-state index contributed by atoms with van der Waals surface area (Å²) in [7, 11) is 2.73. The first kappa shape index (κ1) is 23.3. The number of methoxy groups -OCH3 is 2. The molecule has 11 nitrogen and oxygen atoms in total. The highest BCUT2D eigenvalue weighted by Crippen LogP contribution is 2.40. The molecule has 0 amide bonds.